The number of benzene rings is 1. The first-order valence-electron chi connectivity index (χ1n) is 6.61. The third-order valence-corrected chi connectivity index (χ3v) is 5.20. The normalized spacial score (nSPS) is 21.5. The molecule has 0 unspecified atom stereocenters. The lowest BCUT2D eigenvalue weighted by Crippen LogP contribution is -2.40. The zero-order valence-corrected chi connectivity index (χ0v) is 12.5. The van der Waals surface area contributed by atoms with Gasteiger partial charge < -0.3 is 4.74 Å². The van der Waals surface area contributed by atoms with E-state index in [9.17, 15) is 8.42 Å². The summed E-state index contributed by atoms with van der Waals surface area (Å²) in [5.41, 5.74) is 1.83. The highest BCUT2D eigenvalue weighted by atomic mass is 32.2. The van der Waals surface area contributed by atoms with Crippen molar-refractivity contribution < 1.29 is 13.2 Å². The summed E-state index contributed by atoms with van der Waals surface area (Å²) < 4.78 is 33.0. The first-order valence-corrected chi connectivity index (χ1v) is 8.09. The van der Waals surface area contributed by atoms with Crippen LogP contribution in [0, 0.1) is 13.8 Å². The molecular formula is C14H21NO3S. The third kappa shape index (κ3) is 3.35. The van der Waals surface area contributed by atoms with Crippen molar-refractivity contribution in [3.8, 4) is 0 Å². The first kappa shape index (κ1) is 14.5. The maximum absolute atomic E-state index is 12.4. The van der Waals surface area contributed by atoms with Gasteiger partial charge in [-0.05, 0) is 45.2 Å². The third-order valence-electron chi connectivity index (χ3n) is 3.48. The standard InChI is InChI=1S/C14H21NO3S/c1-10-6-7-14(11(2)9-10)19(16,17)15-12(3)13-5-4-8-18-13/h6-7,9,12-13,15H,4-5,8H2,1-3H3/t12-,13+/m0/s1. The second-order valence-corrected chi connectivity index (χ2v) is 6.91. The lowest BCUT2D eigenvalue weighted by Gasteiger charge is -2.20. The molecular weight excluding hydrogens is 262 g/mol. The fourth-order valence-electron chi connectivity index (χ4n) is 2.48. The lowest BCUT2D eigenvalue weighted by molar-refractivity contribution is 0.0902. The minimum atomic E-state index is -3.47. The highest BCUT2D eigenvalue weighted by Gasteiger charge is 2.27. The van der Waals surface area contributed by atoms with E-state index in [4.69, 9.17) is 4.74 Å². The highest BCUT2D eigenvalue weighted by Crippen LogP contribution is 2.20. The van der Waals surface area contributed by atoms with Crippen LogP contribution in [0.3, 0.4) is 0 Å². The molecule has 4 nitrogen and oxygen atoms in total. The largest absolute Gasteiger partial charge is 0.377 e. The quantitative estimate of drug-likeness (QED) is 0.921. The topological polar surface area (TPSA) is 55.4 Å². The fraction of sp³-hybridized carbons (Fsp3) is 0.571. The summed E-state index contributed by atoms with van der Waals surface area (Å²) in [7, 11) is -3.47. The van der Waals surface area contributed by atoms with Gasteiger partial charge in [0.15, 0.2) is 0 Å². The fourth-order valence-corrected chi connectivity index (χ4v) is 3.98. The van der Waals surface area contributed by atoms with E-state index in [1.54, 1.807) is 6.07 Å². The Labute approximate surface area is 115 Å². The van der Waals surface area contributed by atoms with Gasteiger partial charge in [0.25, 0.3) is 0 Å². The Morgan fingerprint density at radius 1 is 1.37 bits per heavy atom. The SMILES string of the molecule is Cc1ccc(S(=O)(=O)N[C@@H](C)[C@H]2CCCO2)c(C)c1. The van der Waals surface area contributed by atoms with E-state index in [-0.39, 0.29) is 12.1 Å². The highest BCUT2D eigenvalue weighted by molar-refractivity contribution is 7.89. The number of ether oxygens (including phenoxy) is 1. The summed E-state index contributed by atoms with van der Waals surface area (Å²) in [6.45, 7) is 6.35. The van der Waals surface area contributed by atoms with E-state index in [1.807, 2.05) is 32.9 Å². The van der Waals surface area contributed by atoms with E-state index in [1.165, 1.54) is 0 Å². The second-order valence-electron chi connectivity index (χ2n) is 5.23. The van der Waals surface area contributed by atoms with Crippen molar-refractivity contribution >= 4 is 10.0 Å². The van der Waals surface area contributed by atoms with Gasteiger partial charge in [-0.25, -0.2) is 13.1 Å². The number of aryl methyl sites for hydroxylation is 2. The van der Waals surface area contributed by atoms with Crippen LogP contribution in [0.5, 0.6) is 0 Å². The number of sulfonamides is 1. The summed E-state index contributed by atoms with van der Waals surface area (Å²) in [4.78, 5) is 0.350. The predicted molar refractivity (Wildman–Crippen MR) is 74.7 cm³/mol. The molecule has 0 aromatic heterocycles. The summed E-state index contributed by atoms with van der Waals surface area (Å²) in [5, 5.41) is 0. The maximum Gasteiger partial charge on any atom is 0.241 e. The Kier molecular flexibility index (Phi) is 4.28. The Morgan fingerprint density at radius 3 is 2.68 bits per heavy atom. The van der Waals surface area contributed by atoms with Gasteiger partial charge in [0, 0.05) is 12.6 Å². The van der Waals surface area contributed by atoms with Crippen LogP contribution in [0.2, 0.25) is 0 Å². The molecule has 0 amide bonds. The minimum absolute atomic E-state index is 0.0134. The molecule has 5 heteroatoms. The molecule has 1 heterocycles. The smallest absolute Gasteiger partial charge is 0.241 e. The second kappa shape index (κ2) is 5.61. The predicted octanol–water partition coefficient (Wildman–Crippen LogP) is 2.15. The monoisotopic (exact) mass is 283 g/mol. The number of hydrogen-bond acceptors (Lipinski definition) is 3. The summed E-state index contributed by atoms with van der Waals surface area (Å²) in [5.74, 6) is 0. The number of hydrogen-bond donors (Lipinski definition) is 1. The van der Waals surface area contributed by atoms with Crippen LogP contribution < -0.4 is 4.72 Å². The van der Waals surface area contributed by atoms with E-state index >= 15 is 0 Å². The van der Waals surface area contributed by atoms with E-state index < -0.39 is 10.0 Å². The van der Waals surface area contributed by atoms with Gasteiger partial charge in [-0.1, -0.05) is 17.7 Å². The van der Waals surface area contributed by atoms with Crippen LogP contribution in [0.4, 0.5) is 0 Å². The molecule has 106 valence electrons. The molecule has 2 rings (SSSR count). The molecule has 19 heavy (non-hydrogen) atoms. The zero-order chi connectivity index (χ0) is 14.0. The average molecular weight is 283 g/mol. The molecule has 0 aliphatic carbocycles. The summed E-state index contributed by atoms with van der Waals surface area (Å²) in [6.07, 6.45) is 1.90. The molecule has 1 aromatic carbocycles. The van der Waals surface area contributed by atoms with Gasteiger partial charge in [0.2, 0.25) is 10.0 Å². The van der Waals surface area contributed by atoms with Crippen molar-refractivity contribution in [2.75, 3.05) is 6.61 Å². The average Bonchev–Trinajstić information content (AvgIpc) is 2.80. The van der Waals surface area contributed by atoms with Crippen molar-refractivity contribution in [1.82, 2.24) is 4.72 Å². The van der Waals surface area contributed by atoms with Crippen molar-refractivity contribution in [3.05, 3.63) is 29.3 Å². The molecule has 1 fully saturated rings. The van der Waals surface area contributed by atoms with Crippen LogP contribution in [-0.2, 0) is 14.8 Å². The first-order chi connectivity index (χ1) is 8.90. The molecule has 2 atom stereocenters. The Hall–Kier alpha value is -0.910. The van der Waals surface area contributed by atoms with Crippen molar-refractivity contribution in [1.29, 1.82) is 0 Å². The number of nitrogens with one attached hydrogen (secondary N) is 1. The molecule has 1 saturated heterocycles. The van der Waals surface area contributed by atoms with Crippen molar-refractivity contribution in [3.63, 3.8) is 0 Å². The Balaban J connectivity index is 2.17. The Bertz CT molecular complexity index is 548. The molecule has 0 bridgehead atoms. The summed E-state index contributed by atoms with van der Waals surface area (Å²) >= 11 is 0. The van der Waals surface area contributed by atoms with Gasteiger partial charge in [0.05, 0.1) is 11.0 Å². The van der Waals surface area contributed by atoms with Crippen molar-refractivity contribution in [2.24, 2.45) is 0 Å². The minimum Gasteiger partial charge on any atom is -0.377 e. The van der Waals surface area contributed by atoms with Gasteiger partial charge >= 0.3 is 0 Å². The van der Waals surface area contributed by atoms with E-state index in [2.05, 4.69) is 4.72 Å². The number of rotatable bonds is 4. The van der Waals surface area contributed by atoms with Crippen LogP contribution >= 0.6 is 0 Å². The summed E-state index contributed by atoms with van der Waals surface area (Å²) in [6, 6.07) is 5.16. The van der Waals surface area contributed by atoms with Crippen LogP contribution in [-0.4, -0.2) is 27.2 Å². The lowest BCUT2D eigenvalue weighted by atomic mass is 10.1. The van der Waals surface area contributed by atoms with Crippen molar-refractivity contribution in [2.45, 2.75) is 50.7 Å². The molecule has 1 aliphatic heterocycles. The molecule has 0 saturated carbocycles. The van der Waals surface area contributed by atoms with E-state index in [0.717, 1.165) is 30.6 Å². The van der Waals surface area contributed by atoms with Gasteiger partial charge in [-0.2, -0.15) is 0 Å². The molecule has 0 radical (unpaired) electrons. The zero-order valence-electron chi connectivity index (χ0n) is 11.6. The van der Waals surface area contributed by atoms with Crippen LogP contribution in [0.1, 0.15) is 30.9 Å². The molecule has 0 spiro atoms. The molecule has 1 N–H and O–H groups in total. The van der Waals surface area contributed by atoms with Gasteiger partial charge in [-0.15, -0.1) is 0 Å². The van der Waals surface area contributed by atoms with E-state index in [0.29, 0.717) is 4.90 Å². The van der Waals surface area contributed by atoms with Crippen LogP contribution in [0.15, 0.2) is 23.1 Å². The van der Waals surface area contributed by atoms with Gasteiger partial charge in [-0.3, -0.25) is 0 Å². The van der Waals surface area contributed by atoms with Crippen LogP contribution in [0.25, 0.3) is 0 Å². The molecule has 1 aromatic rings. The van der Waals surface area contributed by atoms with Gasteiger partial charge in [0.1, 0.15) is 0 Å². The maximum atomic E-state index is 12.4. The Morgan fingerprint density at radius 2 is 2.11 bits per heavy atom. The molecule has 1 aliphatic rings.